The summed E-state index contributed by atoms with van der Waals surface area (Å²) in [4.78, 5) is 35.7. The van der Waals surface area contributed by atoms with Gasteiger partial charge in [0.25, 0.3) is 5.91 Å². The van der Waals surface area contributed by atoms with E-state index < -0.39 is 5.97 Å². The topological polar surface area (TPSA) is 90.5 Å². The van der Waals surface area contributed by atoms with Gasteiger partial charge in [0, 0.05) is 12.1 Å². The summed E-state index contributed by atoms with van der Waals surface area (Å²) in [7, 11) is 0. The van der Waals surface area contributed by atoms with Crippen LogP contribution in [0.1, 0.15) is 51.5 Å². The van der Waals surface area contributed by atoms with Crippen molar-refractivity contribution in [2.75, 3.05) is 13.2 Å². The van der Waals surface area contributed by atoms with Crippen LogP contribution in [0.25, 0.3) is 17.1 Å². The van der Waals surface area contributed by atoms with Gasteiger partial charge in [0.15, 0.2) is 17.8 Å². The molecule has 0 aliphatic carbocycles. The molecule has 2 aliphatic rings. The number of hydrogen-bond acceptors (Lipinski definition) is 6. The van der Waals surface area contributed by atoms with Crippen molar-refractivity contribution < 1.29 is 18.7 Å². The number of ether oxygens (including phenoxy) is 1. The number of hydrogen-bond donors (Lipinski definition) is 0. The van der Waals surface area contributed by atoms with Crippen molar-refractivity contribution in [3.63, 3.8) is 0 Å². The summed E-state index contributed by atoms with van der Waals surface area (Å²) >= 11 is 0. The fourth-order valence-corrected chi connectivity index (χ4v) is 3.88. The van der Waals surface area contributed by atoms with E-state index in [4.69, 9.17) is 15.6 Å². The van der Waals surface area contributed by atoms with Gasteiger partial charge in [0.2, 0.25) is 0 Å². The van der Waals surface area contributed by atoms with Gasteiger partial charge in [-0.25, -0.2) is 14.8 Å². The van der Waals surface area contributed by atoms with Crippen LogP contribution in [-0.2, 0) is 4.74 Å². The average Bonchev–Trinajstić information content (AvgIpc) is 3.32. The molecular formula is C21H16N4O4. The van der Waals surface area contributed by atoms with Crippen LogP contribution >= 0.6 is 0 Å². The molecule has 0 radical (unpaired) electrons. The molecule has 1 atom stereocenters. The molecule has 0 unspecified atom stereocenters. The van der Waals surface area contributed by atoms with Crippen molar-refractivity contribution in [3.8, 4) is 29.5 Å². The van der Waals surface area contributed by atoms with Crippen LogP contribution in [0.5, 0.6) is 0 Å². The second kappa shape index (κ2) is 6.34. The summed E-state index contributed by atoms with van der Waals surface area (Å²) in [5.74, 6) is 2.16. The minimum absolute atomic E-state index is 0.0673. The summed E-state index contributed by atoms with van der Waals surface area (Å²) in [6, 6.07) is 5.15. The lowest BCUT2D eigenvalue weighted by atomic mass is 9.96. The van der Waals surface area contributed by atoms with Gasteiger partial charge in [-0.15, -0.1) is 6.42 Å². The summed E-state index contributed by atoms with van der Waals surface area (Å²) < 4.78 is 12.5. The van der Waals surface area contributed by atoms with E-state index in [1.807, 2.05) is 10.6 Å². The van der Waals surface area contributed by atoms with Crippen LogP contribution in [-0.4, -0.2) is 44.5 Å². The predicted molar refractivity (Wildman–Crippen MR) is 101 cm³/mol. The fraction of sp³-hybridized carbons (Fsp3) is 0.238. The third-order valence-electron chi connectivity index (χ3n) is 5.31. The largest absolute Gasteiger partial charge is 0.461 e. The van der Waals surface area contributed by atoms with Gasteiger partial charge >= 0.3 is 5.97 Å². The molecule has 0 spiro atoms. The zero-order chi connectivity index (χ0) is 20.1. The van der Waals surface area contributed by atoms with Gasteiger partial charge < -0.3 is 14.1 Å². The maximum atomic E-state index is 13.1. The monoisotopic (exact) mass is 388 g/mol. The number of amides is 1. The van der Waals surface area contributed by atoms with E-state index in [2.05, 4.69) is 15.9 Å². The molecule has 2 aromatic heterocycles. The Morgan fingerprint density at radius 3 is 3.00 bits per heavy atom. The Balaban J connectivity index is 1.72. The first-order valence-electron chi connectivity index (χ1n) is 9.24. The highest BCUT2D eigenvalue weighted by atomic mass is 16.5. The molecule has 8 nitrogen and oxygen atoms in total. The molecule has 0 saturated carbocycles. The van der Waals surface area contributed by atoms with Gasteiger partial charge in [-0.1, -0.05) is 5.92 Å². The van der Waals surface area contributed by atoms with E-state index in [0.717, 1.165) is 12.1 Å². The molecule has 0 bridgehead atoms. The van der Waals surface area contributed by atoms with Crippen molar-refractivity contribution in [1.82, 2.24) is 19.4 Å². The van der Waals surface area contributed by atoms with Gasteiger partial charge in [0.05, 0.1) is 29.6 Å². The highest BCUT2D eigenvalue weighted by Crippen LogP contribution is 2.44. The van der Waals surface area contributed by atoms with Crippen LogP contribution in [0.2, 0.25) is 0 Å². The molecule has 4 heterocycles. The third-order valence-corrected chi connectivity index (χ3v) is 5.31. The lowest BCUT2D eigenvalue weighted by molar-refractivity contribution is 0.0459. The van der Waals surface area contributed by atoms with E-state index in [1.54, 1.807) is 30.3 Å². The predicted octanol–water partition coefficient (Wildman–Crippen LogP) is 2.59. The van der Waals surface area contributed by atoms with Crippen molar-refractivity contribution in [2.24, 2.45) is 0 Å². The Morgan fingerprint density at radius 1 is 1.41 bits per heavy atom. The minimum Gasteiger partial charge on any atom is -0.461 e. The normalized spacial score (nSPS) is 16.8. The van der Waals surface area contributed by atoms with Crippen molar-refractivity contribution in [2.45, 2.75) is 19.4 Å². The molecular weight excluding hydrogens is 372 g/mol. The number of nitrogens with zero attached hydrogens (tertiary/aromatic N) is 4. The number of aromatic nitrogens is 3. The molecule has 1 fully saturated rings. The highest BCUT2D eigenvalue weighted by molar-refractivity contribution is 6.00. The first-order chi connectivity index (χ1) is 14.1. The van der Waals surface area contributed by atoms with Crippen LogP contribution in [0.4, 0.5) is 0 Å². The van der Waals surface area contributed by atoms with Gasteiger partial charge in [-0.3, -0.25) is 9.36 Å². The Hall–Kier alpha value is -3.86. The molecule has 2 aliphatic heterocycles. The highest BCUT2D eigenvalue weighted by Gasteiger charge is 2.42. The van der Waals surface area contributed by atoms with E-state index in [0.29, 0.717) is 29.1 Å². The number of imidazole rings is 1. The quantitative estimate of drug-likeness (QED) is 0.506. The Labute approximate surface area is 166 Å². The van der Waals surface area contributed by atoms with Gasteiger partial charge in [-0.2, -0.15) is 0 Å². The van der Waals surface area contributed by atoms with E-state index in [9.17, 15) is 9.59 Å². The number of oxazole rings is 1. The van der Waals surface area contributed by atoms with E-state index in [1.165, 1.54) is 6.39 Å². The standard InChI is InChI=1S/C21H16N4O4/c1-3-12-5-6-14-13(9-12)20(26)24-8-7-15(24)18-16(22-10-25(14)18)19-17(23-11-29-19)21(27)28-4-2/h1,5-6,9-11,15H,4,7-8H2,2H3/t15-/m0/s1. The van der Waals surface area contributed by atoms with Crippen LogP contribution in [0, 0.1) is 12.3 Å². The second-order valence-electron chi connectivity index (χ2n) is 6.78. The maximum absolute atomic E-state index is 13.1. The summed E-state index contributed by atoms with van der Waals surface area (Å²) in [6.07, 6.45) is 9.13. The molecule has 5 rings (SSSR count). The Bertz CT molecular complexity index is 1200. The number of fused-ring (bicyclic) bond motifs is 5. The van der Waals surface area contributed by atoms with Crippen molar-refractivity contribution in [1.29, 1.82) is 0 Å². The molecule has 0 N–H and O–H groups in total. The molecule has 3 aromatic rings. The van der Waals surface area contributed by atoms with Crippen LogP contribution in [0.15, 0.2) is 35.3 Å². The van der Waals surface area contributed by atoms with Crippen LogP contribution < -0.4 is 0 Å². The molecule has 1 aromatic carbocycles. The number of carbonyl (C=O) groups excluding carboxylic acids is 2. The van der Waals surface area contributed by atoms with Crippen LogP contribution in [0.3, 0.4) is 0 Å². The van der Waals surface area contributed by atoms with Crippen molar-refractivity contribution >= 4 is 11.9 Å². The lowest BCUT2D eigenvalue weighted by Crippen LogP contribution is -2.44. The summed E-state index contributed by atoms with van der Waals surface area (Å²) in [5.41, 5.74) is 3.17. The number of benzene rings is 1. The third kappa shape index (κ3) is 2.41. The molecule has 29 heavy (non-hydrogen) atoms. The maximum Gasteiger partial charge on any atom is 0.361 e. The smallest absolute Gasteiger partial charge is 0.361 e. The average molecular weight is 388 g/mol. The Morgan fingerprint density at radius 2 is 2.28 bits per heavy atom. The number of carbonyl (C=O) groups is 2. The fourth-order valence-electron chi connectivity index (χ4n) is 3.88. The Kier molecular flexibility index (Phi) is 3.77. The second-order valence-corrected chi connectivity index (χ2v) is 6.78. The minimum atomic E-state index is -0.577. The number of rotatable bonds is 3. The lowest BCUT2D eigenvalue weighted by Gasteiger charge is -2.39. The van der Waals surface area contributed by atoms with Crippen molar-refractivity contribution in [3.05, 3.63) is 53.4 Å². The molecule has 1 saturated heterocycles. The summed E-state index contributed by atoms with van der Waals surface area (Å²) in [5, 5.41) is 0. The van der Waals surface area contributed by atoms with E-state index >= 15 is 0 Å². The summed E-state index contributed by atoms with van der Waals surface area (Å²) in [6.45, 7) is 2.58. The first-order valence-corrected chi connectivity index (χ1v) is 9.24. The van der Waals surface area contributed by atoms with E-state index in [-0.39, 0.29) is 30.0 Å². The zero-order valence-corrected chi connectivity index (χ0v) is 15.6. The number of terminal acetylenes is 1. The SMILES string of the molecule is C#Cc1ccc2c(c1)C(=O)N1CC[C@H]1c1c(-c3ocnc3C(=O)OCC)ncn1-2. The molecule has 144 valence electrons. The zero-order valence-electron chi connectivity index (χ0n) is 15.6. The molecule has 8 heteroatoms. The van der Waals surface area contributed by atoms with Gasteiger partial charge in [0.1, 0.15) is 12.0 Å². The first kappa shape index (κ1) is 17.3. The number of esters is 1. The van der Waals surface area contributed by atoms with Gasteiger partial charge in [-0.05, 0) is 31.5 Å². The molecule has 1 amide bonds.